The molecule has 0 aliphatic carbocycles. The minimum atomic E-state index is -0.229. The minimum absolute atomic E-state index is 0.229. The maximum Gasteiger partial charge on any atom is 0.176 e. The minimum Gasteiger partial charge on any atom is -0.399 e. The molecular formula is C24H31N7. The van der Waals surface area contributed by atoms with E-state index in [0.717, 1.165) is 47.7 Å². The SMILES string of the molecule is Cc1c(-c2cccc(N)c2)c(N2CCCC2N(C)C)n2nc(C(C)(C)C)nc2c1C#N. The van der Waals surface area contributed by atoms with Crippen molar-refractivity contribution in [1.29, 1.82) is 5.26 Å². The lowest BCUT2D eigenvalue weighted by atomic mass is 9.96. The lowest BCUT2D eigenvalue weighted by Crippen LogP contribution is -2.41. The van der Waals surface area contributed by atoms with Crippen LogP contribution in [0.4, 0.5) is 11.5 Å². The molecule has 31 heavy (non-hydrogen) atoms. The molecule has 1 unspecified atom stereocenters. The Labute approximate surface area is 184 Å². The average Bonchev–Trinajstić information content (AvgIpc) is 3.34. The first kappa shape index (κ1) is 21.1. The molecule has 162 valence electrons. The summed E-state index contributed by atoms with van der Waals surface area (Å²) in [6.45, 7) is 9.21. The Hall–Kier alpha value is -3.11. The molecule has 0 amide bonds. The van der Waals surface area contributed by atoms with Crippen LogP contribution < -0.4 is 10.6 Å². The first-order chi connectivity index (χ1) is 14.6. The van der Waals surface area contributed by atoms with E-state index in [-0.39, 0.29) is 11.6 Å². The fraction of sp³-hybridized carbons (Fsp3) is 0.458. The number of hydrogen-bond acceptors (Lipinski definition) is 6. The third kappa shape index (κ3) is 3.51. The molecule has 0 radical (unpaired) electrons. The van der Waals surface area contributed by atoms with Crippen molar-refractivity contribution in [1.82, 2.24) is 19.5 Å². The molecule has 1 saturated heterocycles. The van der Waals surface area contributed by atoms with Gasteiger partial charge in [-0.25, -0.2) is 4.98 Å². The van der Waals surface area contributed by atoms with E-state index in [2.05, 4.69) is 56.8 Å². The third-order valence-corrected chi connectivity index (χ3v) is 6.05. The highest BCUT2D eigenvalue weighted by Gasteiger charge is 2.34. The van der Waals surface area contributed by atoms with E-state index in [0.29, 0.717) is 16.9 Å². The van der Waals surface area contributed by atoms with Crippen LogP contribution in [0, 0.1) is 18.3 Å². The smallest absolute Gasteiger partial charge is 0.176 e. The Bertz CT molecular complexity index is 1180. The van der Waals surface area contributed by atoms with Crippen LogP contribution in [0.5, 0.6) is 0 Å². The van der Waals surface area contributed by atoms with Gasteiger partial charge in [0.05, 0.1) is 6.17 Å². The second kappa shape index (κ2) is 7.54. The highest BCUT2D eigenvalue weighted by molar-refractivity contribution is 5.86. The zero-order chi connectivity index (χ0) is 22.5. The molecule has 1 aliphatic rings. The second-order valence-corrected chi connectivity index (χ2v) is 9.64. The standard InChI is InChI=1S/C24H31N7/c1-15-18(14-25)21-27-23(24(2,3)4)28-31(21)22(30-12-8-11-19(30)29(5)6)20(15)16-9-7-10-17(26)13-16/h7,9-10,13,19H,8,11-12,26H2,1-6H3. The van der Waals surface area contributed by atoms with Gasteiger partial charge in [-0.3, -0.25) is 4.90 Å². The van der Waals surface area contributed by atoms with E-state index in [9.17, 15) is 5.26 Å². The number of pyridine rings is 1. The number of hydrogen-bond donors (Lipinski definition) is 1. The van der Waals surface area contributed by atoms with Crippen LogP contribution >= 0.6 is 0 Å². The van der Waals surface area contributed by atoms with Gasteiger partial charge in [-0.1, -0.05) is 32.9 Å². The molecule has 3 heterocycles. The van der Waals surface area contributed by atoms with Gasteiger partial charge in [-0.05, 0) is 57.1 Å². The molecular weight excluding hydrogens is 386 g/mol. The summed E-state index contributed by atoms with van der Waals surface area (Å²) in [5.74, 6) is 1.71. The summed E-state index contributed by atoms with van der Waals surface area (Å²) in [7, 11) is 4.22. The highest BCUT2D eigenvalue weighted by atomic mass is 15.4. The lowest BCUT2D eigenvalue weighted by Gasteiger charge is -2.33. The number of anilines is 2. The van der Waals surface area contributed by atoms with Crippen molar-refractivity contribution >= 4 is 17.2 Å². The van der Waals surface area contributed by atoms with Gasteiger partial charge in [0.15, 0.2) is 11.5 Å². The van der Waals surface area contributed by atoms with Gasteiger partial charge in [0.2, 0.25) is 0 Å². The van der Waals surface area contributed by atoms with E-state index in [1.54, 1.807) is 0 Å². The van der Waals surface area contributed by atoms with Crippen LogP contribution in [-0.2, 0) is 5.41 Å². The van der Waals surface area contributed by atoms with Crippen LogP contribution in [-0.4, -0.2) is 46.3 Å². The molecule has 3 aromatic rings. The maximum absolute atomic E-state index is 10.1. The van der Waals surface area contributed by atoms with Gasteiger partial charge < -0.3 is 10.6 Å². The number of benzene rings is 1. The Morgan fingerprint density at radius 1 is 1.26 bits per heavy atom. The molecule has 0 saturated carbocycles. The van der Waals surface area contributed by atoms with Gasteiger partial charge in [0.25, 0.3) is 0 Å². The third-order valence-electron chi connectivity index (χ3n) is 6.05. The molecule has 7 heteroatoms. The monoisotopic (exact) mass is 417 g/mol. The molecule has 4 rings (SSSR count). The second-order valence-electron chi connectivity index (χ2n) is 9.64. The average molecular weight is 418 g/mol. The van der Waals surface area contributed by atoms with Crippen molar-refractivity contribution in [3.05, 3.63) is 41.2 Å². The summed E-state index contributed by atoms with van der Waals surface area (Å²) in [4.78, 5) is 9.48. The van der Waals surface area contributed by atoms with Gasteiger partial charge >= 0.3 is 0 Å². The van der Waals surface area contributed by atoms with E-state index >= 15 is 0 Å². The van der Waals surface area contributed by atoms with E-state index in [1.807, 2.05) is 29.6 Å². The van der Waals surface area contributed by atoms with E-state index < -0.39 is 0 Å². The number of nitrogens with zero attached hydrogens (tertiary/aromatic N) is 6. The molecule has 0 spiro atoms. The van der Waals surface area contributed by atoms with Crippen LogP contribution in [0.25, 0.3) is 16.8 Å². The quantitative estimate of drug-likeness (QED) is 0.650. The predicted octanol–water partition coefficient (Wildman–Crippen LogP) is 3.94. The summed E-state index contributed by atoms with van der Waals surface area (Å²) < 4.78 is 1.90. The van der Waals surface area contributed by atoms with Crippen LogP contribution in [0.1, 0.15) is 50.6 Å². The number of nitriles is 1. The van der Waals surface area contributed by atoms with E-state index in [1.165, 1.54) is 0 Å². The number of nitrogens with two attached hydrogens (primary N) is 1. The van der Waals surface area contributed by atoms with Crippen molar-refractivity contribution in [3.63, 3.8) is 0 Å². The molecule has 1 atom stereocenters. The fourth-order valence-corrected chi connectivity index (χ4v) is 4.48. The van der Waals surface area contributed by atoms with Crippen molar-refractivity contribution in [2.24, 2.45) is 0 Å². The first-order valence-corrected chi connectivity index (χ1v) is 10.8. The Balaban J connectivity index is 2.14. The summed E-state index contributed by atoms with van der Waals surface area (Å²) >= 11 is 0. The van der Waals surface area contributed by atoms with Crippen LogP contribution in [0.2, 0.25) is 0 Å². The summed E-state index contributed by atoms with van der Waals surface area (Å²) in [6.07, 6.45) is 2.42. The van der Waals surface area contributed by atoms with Crippen molar-refractivity contribution < 1.29 is 0 Å². The van der Waals surface area contributed by atoms with Gasteiger partial charge in [0.1, 0.15) is 17.5 Å². The van der Waals surface area contributed by atoms with Gasteiger partial charge in [-0.2, -0.15) is 9.78 Å². The molecule has 1 aromatic carbocycles. The largest absolute Gasteiger partial charge is 0.399 e. The zero-order valence-electron chi connectivity index (χ0n) is 19.3. The fourth-order valence-electron chi connectivity index (χ4n) is 4.48. The van der Waals surface area contributed by atoms with Crippen LogP contribution in [0.15, 0.2) is 24.3 Å². The molecule has 0 bridgehead atoms. The normalized spacial score (nSPS) is 17.0. The summed E-state index contributed by atoms with van der Waals surface area (Å²) in [6, 6.07) is 10.3. The number of fused-ring (bicyclic) bond motifs is 1. The molecule has 7 nitrogen and oxygen atoms in total. The van der Waals surface area contributed by atoms with Gasteiger partial charge in [0, 0.05) is 23.2 Å². The lowest BCUT2D eigenvalue weighted by molar-refractivity contribution is 0.299. The predicted molar refractivity (Wildman–Crippen MR) is 125 cm³/mol. The number of aromatic nitrogens is 3. The first-order valence-electron chi connectivity index (χ1n) is 10.8. The maximum atomic E-state index is 10.1. The zero-order valence-corrected chi connectivity index (χ0v) is 19.3. The topological polar surface area (TPSA) is 86.5 Å². The van der Waals surface area contributed by atoms with Gasteiger partial charge in [-0.15, -0.1) is 5.10 Å². The Morgan fingerprint density at radius 3 is 2.61 bits per heavy atom. The summed E-state index contributed by atoms with van der Waals surface area (Å²) in [5.41, 5.74) is 10.7. The molecule has 1 aliphatic heterocycles. The van der Waals surface area contributed by atoms with Crippen molar-refractivity contribution in [2.45, 2.75) is 52.1 Å². The number of nitrogen functional groups attached to an aromatic ring is 1. The highest BCUT2D eigenvalue weighted by Crippen LogP contribution is 2.41. The molecule has 2 aromatic heterocycles. The summed E-state index contributed by atoms with van der Waals surface area (Å²) in [5, 5.41) is 15.0. The Morgan fingerprint density at radius 2 is 2.00 bits per heavy atom. The van der Waals surface area contributed by atoms with Crippen LogP contribution in [0.3, 0.4) is 0 Å². The van der Waals surface area contributed by atoms with Crippen molar-refractivity contribution in [2.75, 3.05) is 31.3 Å². The van der Waals surface area contributed by atoms with Crippen molar-refractivity contribution in [3.8, 4) is 17.2 Å². The molecule has 1 fully saturated rings. The Kier molecular flexibility index (Phi) is 5.14. The van der Waals surface area contributed by atoms with E-state index in [4.69, 9.17) is 15.8 Å². The number of rotatable bonds is 3. The molecule has 2 N–H and O–H groups in total.